The van der Waals surface area contributed by atoms with Crippen LogP contribution in [0.15, 0.2) is 30.3 Å². The van der Waals surface area contributed by atoms with Crippen molar-refractivity contribution in [1.29, 1.82) is 0 Å². The second kappa shape index (κ2) is 7.46. The highest BCUT2D eigenvalue weighted by Gasteiger charge is 2.19. The molecule has 1 rings (SSSR count). The molecule has 0 aliphatic rings. The van der Waals surface area contributed by atoms with E-state index >= 15 is 0 Å². The molecule has 0 bridgehead atoms. The number of halogens is 2. The third-order valence-electron chi connectivity index (χ3n) is 1.80. The Bertz CT molecular complexity index is 347. The van der Waals surface area contributed by atoms with Gasteiger partial charge in [0.15, 0.2) is 0 Å². The zero-order chi connectivity index (χ0) is 11.9. The number of alkyl halides is 1. The van der Waals surface area contributed by atoms with Gasteiger partial charge in [-0.3, -0.25) is 9.05 Å². The minimum Gasteiger partial charge on any atom is -0.297 e. The van der Waals surface area contributed by atoms with Gasteiger partial charge in [0, 0.05) is 16.6 Å². The lowest BCUT2D eigenvalue weighted by Crippen LogP contribution is -1.98. The third kappa shape index (κ3) is 6.02. The monoisotopic (exact) mass is 326 g/mol. The van der Waals surface area contributed by atoms with Crippen LogP contribution in [0, 0.1) is 0 Å². The van der Waals surface area contributed by atoms with Gasteiger partial charge < -0.3 is 0 Å². The van der Waals surface area contributed by atoms with Crippen LogP contribution in [0.3, 0.4) is 0 Å². The predicted octanol–water partition coefficient (Wildman–Crippen LogP) is 4.00. The summed E-state index contributed by atoms with van der Waals surface area (Å²) in [6, 6.07) is 9.77. The van der Waals surface area contributed by atoms with Crippen molar-refractivity contribution in [2.45, 2.75) is 6.42 Å². The van der Waals surface area contributed by atoms with Crippen molar-refractivity contribution >= 4 is 34.1 Å². The van der Waals surface area contributed by atoms with Gasteiger partial charge in [-0.25, -0.2) is 4.57 Å². The molecule has 0 aliphatic heterocycles. The summed E-state index contributed by atoms with van der Waals surface area (Å²) in [5.41, 5.74) is 1.11. The first-order valence-electron chi connectivity index (χ1n) is 4.83. The normalized spacial score (nSPS) is 14.6. The maximum Gasteiger partial charge on any atom is 0.424 e. The highest BCUT2D eigenvalue weighted by molar-refractivity contribution is 9.09. The maximum atomic E-state index is 11.5. The molecular weight excluding hydrogens is 314 g/mol. The van der Waals surface area contributed by atoms with Crippen LogP contribution in [0.2, 0.25) is 0 Å². The molecule has 0 N–H and O–H groups in total. The molecule has 1 atom stereocenters. The molecule has 0 radical (unpaired) electrons. The molecule has 0 heterocycles. The zero-order valence-electron chi connectivity index (χ0n) is 8.64. The van der Waals surface area contributed by atoms with Crippen LogP contribution in [0.1, 0.15) is 5.56 Å². The maximum absolute atomic E-state index is 11.5. The SMILES string of the molecule is O=P(Cl)(OCCBr)OCCc1ccccc1. The molecule has 0 spiro atoms. The summed E-state index contributed by atoms with van der Waals surface area (Å²) in [7, 11) is 0. The molecule has 0 amide bonds. The number of benzene rings is 1. The summed E-state index contributed by atoms with van der Waals surface area (Å²) in [6.07, 6.45) is 0.662. The van der Waals surface area contributed by atoms with Gasteiger partial charge in [0.05, 0.1) is 13.2 Å². The molecule has 1 unspecified atom stereocenters. The highest BCUT2D eigenvalue weighted by Crippen LogP contribution is 2.53. The van der Waals surface area contributed by atoms with Crippen molar-refractivity contribution in [3.05, 3.63) is 35.9 Å². The van der Waals surface area contributed by atoms with Crippen molar-refractivity contribution in [2.75, 3.05) is 18.5 Å². The fraction of sp³-hybridized carbons (Fsp3) is 0.400. The Morgan fingerprint density at radius 3 is 2.44 bits per heavy atom. The topological polar surface area (TPSA) is 35.5 Å². The second-order valence-corrected chi connectivity index (χ2v) is 6.43. The first kappa shape index (κ1) is 14.2. The van der Waals surface area contributed by atoms with E-state index in [1.807, 2.05) is 30.3 Å². The van der Waals surface area contributed by atoms with Crippen LogP contribution in [-0.4, -0.2) is 18.5 Å². The first-order valence-corrected chi connectivity index (χ1v) is 8.39. The Hall–Kier alpha value is 0.140. The van der Waals surface area contributed by atoms with Crippen LogP contribution in [0.5, 0.6) is 0 Å². The van der Waals surface area contributed by atoms with Gasteiger partial charge in [0.25, 0.3) is 0 Å². The van der Waals surface area contributed by atoms with Crippen molar-refractivity contribution < 1.29 is 13.6 Å². The van der Waals surface area contributed by atoms with Gasteiger partial charge in [0.2, 0.25) is 0 Å². The standard InChI is InChI=1S/C10H13BrClO3P/c11-7-9-15-16(12,13)14-8-6-10-4-2-1-3-5-10/h1-5H,6-9H2. The Morgan fingerprint density at radius 2 is 1.81 bits per heavy atom. The summed E-state index contributed by atoms with van der Waals surface area (Å²) >= 11 is 8.72. The van der Waals surface area contributed by atoms with Crippen molar-refractivity contribution in [2.24, 2.45) is 0 Å². The molecule has 1 aromatic carbocycles. The lowest BCUT2D eigenvalue weighted by molar-refractivity contribution is 0.230. The third-order valence-corrected chi connectivity index (χ3v) is 3.69. The van der Waals surface area contributed by atoms with Gasteiger partial charge >= 0.3 is 6.95 Å². The highest BCUT2D eigenvalue weighted by atomic mass is 79.9. The Labute approximate surface area is 109 Å². The Balaban J connectivity index is 2.27. The lowest BCUT2D eigenvalue weighted by Gasteiger charge is -2.10. The Morgan fingerprint density at radius 1 is 1.19 bits per heavy atom. The lowest BCUT2D eigenvalue weighted by atomic mass is 10.2. The molecule has 6 heteroatoms. The number of hydrogen-bond acceptors (Lipinski definition) is 3. The molecule has 0 fully saturated rings. The van der Waals surface area contributed by atoms with E-state index in [1.54, 1.807) is 0 Å². The Kier molecular flexibility index (Phi) is 6.62. The van der Waals surface area contributed by atoms with Crippen molar-refractivity contribution in [3.8, 4) is 0 Å². The average Bonchev–Trinajstić information content (AvgIpc) is 2.28. The fourth-order valence-corrected chi connectivity index (χ4v) is 2.62. The minimum atomic E-state index is -3.40. The minimum absolute atomic E-state index is 0.270. The number of hydrogen-bond donors (Lipinski definition) is 0. The van der Waals surface area contributed by atoms with E-state index in [2.05, 4.69) is 15.9 Å². The second-order valence-electron chi connectivity index (χ2n) is 3.02. The molecule has 0 aliphatic carbocycles. The largest absolute Gasteiger partial charge is 0.424 e. The van der Waals surface area contributed by atoms with E-state index in [1.165, 1.54) is 0 Å². The molecule has 90 valence electrons. The molecule has 1 aromatic rings. The predicted molar refractivity (Wildman–Crippen MR) is 69.3 cm³/mol. The van der Waals surface area contributed by atoms with E-state index in [-0.39, 0.29) is 13.2 Å². The van der Waals surface area contributed by atoms with Crippen molar-refractivity contribution in [1.82, 2.24) is 0 Å². The molecule has 0 saturated heterocycles. The van der Waals surface area contributed by atoms with Gasteiger partial charge in [-0.15, -0.1) is 0 Å². The van der Waals surface area contributed by atoms with Crippen molar-refractivity contribution in [3.63, 3.8) is 0 Å². The van der Waals surface area contributed by atoms with Crippen LogP contribution in [0.25, 0.3) is 0 Å². The van der Waals surface area contributed by atoms with E-state index in [9.17, 15) is 4.57 Å². The van der Waals surface area contributed by atoms with Gasteiger partial charge in [0.1, 0.15) is 0 Å². The fourth-order valence-electron chi connectivity index (χ4n) is 1.10. The van der Waals surface area contributed by atoms with Crippen LogP contribution < -0.4 is 0 Å². The summed E-state index contributed by atoms with van der Waals surface area (Å²) in [5.74, 6) is 0. The summed E-state index contributed by atoms with van der Waals surface area (Å²) in [5, 5.41) is 0.575. The quantitative estimate of drug-likeness (QED) is 0.561. The molecule has 3 nitrogen and oxygen atoms in total. The molecule has 0 saturated carbocycles. The number of rotatable bonds is 7. The van der Waals surface area contributed by atoms with Gasteiger partial charge in [-0.1, -0.05) is 46.3 Å². The van der Waals surface area contributed by atoms with Crippen LogP contribution in [0.4, 0.5) is 0 Å². The van der Waals surface area contributed by atoms with Crippen LogP contribution >= 0.6 is 34.1 Å². The summed E-state index contributed by atoms with van der Waals surface area (Å²) in [4.78, 5) is 0. The van der Waals surface area contributed by atoms with E-state index in [4.69, 9.17) is 20.3 Å². The zero-order valence-corrected chi connectivity index (χ0v) is 11.9. The van der Waals surface area contributed by atoms with E-state index in [0.717, 1.165) is 5.56 Å². The first-order chi connectivity index (χ1) is 7.64. The average molecular weight is 328 g/mol. The summed E-state index contributed by atoms with van der Waals surface area (Å²) in [6.45, 7) is -2.85. The molecule has 16 heavy (non-hydrogen) atoms. The summed E-state index contributed by atoms with van der Waals surface area (Å²) < 4.78 is 21.3. The molecule has 0 aromatic heterocycles. The van der Waals surface area contributed by atoms with Gasteiger partial charge in [-0.2, -0.15) is 0 Å². The van der Waals surface area contributed by atoms with E-state index in [0.29, 0.717) is 11.8 Å². The van der Waals surface area contributed by atoms with Gasteiger partial charge in [-0.05, 0) is 12.0 Å². The van der Waals surface area contributed by atoms with Crippen LogP contribution in [-0.2, 0) is 20.0 Å². The van der Waals surface area contributed by atoms with E-state index < -0.39 is 6.95 Å². The molecular formula is C10H13BrClO3P. The smallest absolute Gasteiger partial charge is 0.297 e.